The maximum absolute atomic E-state index is 2.29. The fourth-order valence-electron chi connectivity index (χ4n) is 2.01. The number of aryl methyl sites for hydroxylation is 1. The van der Waals surface area contributed by atoms with Gasteiger partial charge in [0.15, 0.2) is 18.1 Å². The Balaban J connectivity index is 0.000000640. The van der Waals surface area contributed by atoms with E-state index in [1.165, 1.54) is 22.9 Å². The fourth-order valence-corrected chi connectivity index (χ4v) is 2.01. The minimum absolute atomic E-state index is 0. The van der Waals surface area contributed by atoms with Crippen LogP contribution in [0, 0.1) is 0 Å². The lowest BCUT2D eigenvalue weighted by Gasteiger charge is -2.04. The predicted octanol–water partition coefficient (Wildman–Crippen LogP) is -1.28. The van der Waals surface area contributed by atoms with Gasteiger partial charge in [0.2, 0.25) is 0 Å². The lowest BCUT2D eigenvalue weighted by molar-refractivity contribution is -0.577. The van der Waals surface area contributed by atoms with Crippen LogP contribution in [0.15, 0.2) is 42.6 Å². The Labute approximate surface area is 101 Å². The zero-order valence-electron chi connectivity index (χ0n) is 8.86. The highest BCUT2D eigenvalue weighted by molar-refractivity contribution is 5.81. The van der Waals surface area contributed by atoms with Crippen molar-refractivity contribution in [1.82, 2.24) is 0 Å². The summed E-state index contributed by atoms with van der Waals surface area (Å²) in [6.07, 6.45) is 8.91. The van der Waals surface area contributed by atoms with E-state index in [1.54, 1.807) is 0 Å². The minimum Gasteiger partial charge on any atom is -1.00 e. The summed E-state index contributed by atoms with van der Waals surface area (Å²) in [7, 11) is 0. The summed E-state index contributed by atoms with van der Waals surface area (Å²) in [5.74, 6) is 0. The number of fused-ring (bicyclic) bond motifs is 2. The Bertz CT molecular complexity index is 522. The van der Waals surface area contributed by atoms with Gasteiger partial charge in [0.1, 0.15) is 0 Å². The van der Waals surface area contributed by atoms with Crippen molar-refractivity contribution in [2.75, 3.05) is 0 Å². The van der Waals surface area contributed by atoms with E-state index in [1.807, 2.05) is 0 Å². The Morgan fingerprint density at radius 3 is 2.62 bits per heavy atom. The van der Waals surface area contributed by atoms with Crippen molar-refractivity contribution in [2.24, 2.45) is 0 Å². The van der Waals surface area contributed by atoms with Crippen molar-refractivity contribution in [2.45, 2.75) is 12.8 Å². The summed E-state index contributed by atoms with van der Waals surface area (Å²) in [6, 6.07) is 10.8. The molecule has 0 saturated heterocycles. The van der Waals surface area contributed by atoms with Crippen LogP contribution in [0.5, 0.6) is 0 Å². The first-order chi connectivity index (χ1) is 6.93. The predicted molar refractivity (Wildman–Crippen MR) is 61.4 cm³/mol. The van der Waals surface area contributed by atoms with Gasteiger partial charge in [-0.15, -0.1) is 0 Å². The molecule has 2 heterocycles. The van der Waals surface area contributed by atoms with Gasteiger partial charge in [0.25, 0.3) is 0 Å². The standard InChI is InChI=1S/C13H12N.ClH.H2O/c1-2-6-12-10-14-8-4-3-7-13(14)9-11(12)5-1;;/h1-2,4-6,8-10H,3,7H2;1H;1H2/q+1;;/p-1. The molecule has 0 radical (unpaired) electrons. The van der Waals surface area contributed by atoms with Crippen LogP contribution in [0.3, 0.4) is 0 Å². The molecule has 0 bridgehead atoms. The average molecular weight is 236 g/mol. The molecular formula is C13H14ClNO. The molecule has 0 amide bonds. The van der Waals surface area contributed by atoms with Crippen molar-refractivity contribution >= 4 is 17.0 Å². The van der Waals surface area contributed by atoms with Crippen LogP contribution in [0.2, 0.25) is 0 Å². The van der Waals surface area contributed by atoms with E-state index in [-0.39, 0.29) is 17.9 Å². The number of allylic oxidation sites excluding steroid dienone is 1. The highest BCUT2D eigenvalue weighted by atomic mass is 35.5. The van der Waals surface area contributed by atoms with E-state index in [0.29, 0.717) is 0 Å². The van der Waals surface area contributed by atoms with Crippen molar-refractivity contribution in [3.05, 3.63) is 48.3 Å². The Hall–Kier alpha value is -1.38. The van der Waals surface area contributed by atoms with Crippen LogP contribution in [-0.4, -0.2) is 5.48 Å². The molecule has 1 aromatic heterocycles. The van der Waals surface area contributed by atoms with Crippen LogP contribution >= 0.6 is 0 Å². The van der Waals surface area contributed by atoms with Gasteiger partial charge in [-0.3, -0.25) is 0 Å². The minimum atomic E-state index is 0. The first-order valence-corrected chi connectivity index (χ1v) is 5.03. The number of hydrogen-bond acceptors (Lipinski definition) is 0. The molecule has 0 atom stereocenters. The SMILES string of the molecule is C1=C[n+]2cc3ccccc3cc2CC1.O.[Cl-]. The van der Waals surface area contributed by atoms with Crippen molar-refractivity contribution in [3.63, 3.8) is 0 Å². The van der Waals surface area contributed by atoms with Crippen LogP contribution in [0.25, 0.3) is 17.0 Å². The molecule has 0 aliphatic carbocycles. The van der Waals surface area contributed by atoms with Crippen molar-refractivity contribution < 1.29 is 22.5 Å². The summed E-state index contributed by atoms with van der Waals surface area (Å²) in [5, 5.41) is 2.65. The second-order valence-electron chi connectivity index (χ2n) is 3.72. The quantitative estimate of drug-likeness (QED) is 0.511. The number of benzene rings is 1. The molecule has 1 aliphatic rings. The monoisotopic (exact) mass is 235 g/mol. The van der Waals surface area contributed by atoms with Gasteiger partial charge in [-0.2, -0.15) is 4.57 Å². The number of rotatable bonds is 0. The van der Waals surface area contributed by atoms with E-state index in [0.717, 1.165) is 6.42 Å². The molecule has 3 rings (SSSR count). The zero-order chi connectivity index (χ0) is 9.38. The maximum atomic E-state index is 2.29. The van der Waals surface area contributed by atoms with Gasteiger partial charge in [0, 0.05) is 17.9 Å². The third-order valence-corrected chi connectivity index (χ3v) is 2.76. The third kappa shape index (κ3) is 2.08. The molecule has 1 aliphatic heterocycles. The van der Waals surface area contributed by atoms with Crippen LogP contribution in [0.4, 0.5) is 0 Å². The van der Waals surface area contributed by atoms with Gasteiger partial charge >= 0.3 is 0 Å². The molecule has 84 valence electrons. The molecule has 0 fully saturated rings. The molecule has 16 heavy (non-hydrogen) atoms. The number of pyridine rings is 1. The first-order valence-electron chi connectivity index (χ1n) is 5.03. The van der Waals surface area contributed by atoms with E-state index in [4.69, 9.17) is 0 Å². The lowest BCUT2D eigenvalue weighted by Crippen LogP contribution is -3.00. The number of aromatic nitrogens is 1. The van der Waals surface area contributed by atoms with Gasteiger partial charge in [-0.05, 0) is 23.9 Å². The Morgan fingerprint density at radius 1 is 1.06 bits per heavy atom. The highest BCUT2D eigenvalue weighted by Gasteiger charge is 2.12. The topological polar surface area (TPSA) is 35.4 Å². The average Bonchev–Trinajstić information content (AvgIpc) is 2.26. The molecule has 2 nitrogen and oxygen atoms in total. The number of hydrogen-bond donors (Lipinski definition) is 0. The lowest BCUT2D eigenvalue weighted by atomic mass is 10.1. The van der Waals surface area contributed by atoms with Crippen LogP contribution < -0.4 is 17.0 Å². The summed E-state index contributed by atoms with van der Waals surface area (Å²) < 4.78 is 2.23. The second kappa shape index (κ2) is 5.10. The smallest absolute Gasteiger partial charge is 0.187 e. The molecule has 0 spiro atoms. The normalized spacial score (nSPS) is 12.5. The molecule has 2 aromatic rings. The molecular weight excluding hydrogens is 222 g/mol. The number of nitrogens with zero attached hydrogens (tertiary/aromatic N) is 1. The van der Waals surface area contributed by atoms with E-state index < -0.39 is 0 Å². The molecule has 0 unspecified atom stereocenters. The van der Waals surface area contributed by atoms with Gasteiger partial charge < -0.3 is 17.9 Å². The maximum Gasteiger partial charge on any atom is 0.187 e. The van der Waals surface area contributed by atoms with Gasteiger partial charge in [-0.1, -0.05) is 18.2 Å². The van der Waals surface area contributed by atoms with Gasteiger partial charge in [0.05, 0.1) is 0 Å². The van der Waals surface area contributed by atoms with Crippen LogP contribution in [-0.2, 0) is 6.42 Å². The first kappa shape index (κ1) is 12.7. The van der Waals surface area contributed by atoms with Crippen LogP contribution in [0.1, 0.15) is 12.1 Å². The summed E-state index contributed by atoms with van der Waals surface area (Å²) in [5.41, 5.74) is 1.41. The summed E-state index contributed by atoms with van der Waals surface area (Å²) in [4.78, 5) is 0. The largest absolute Gasteiger partial charge is 1.00 e. The Morgan fingerprint density at radius 2 is 1.81 bits per heavy atom. The third-order valence-electron chi connectivity index (χ3n) is 2.76. The van der Waals surface area contributed by atoms with Crippen molar-refractivity contribution in [1.29, 1.82) is 0 Å². The van der Waals surface area contributed by atoms with E-state index >= 15 is 0 Å². The van der Waals surface area contributed by atoms with E-state index in [9.17, 15) is 0 Å². The Kier molecular flexibility index (Phi) is 4.05. The van der Waals surface area contributed by atoms with E-state index in [2.05, 4.69) is 53.4 Å². The molecule has 2 N–H and O–H groups in total. The molecule has 1 aromatic carbocycles. The number of halogens is 1. The molecule has 0 saturated carbocycles. The van der Waals surface area contributed by atoms with Crippen molar-refractivity contribution in [3.8, 4) is 0 Å². The fraction of sp³-hybridized carbons (Fsp3) is 0.154. The second-order valence-corrected chi connectivity index (χ2v) is 3.72. The highest BCUT2D eigenvalue weighted by Crippen LogP contribution is 2.15. The molecule has 3 heteroatoms. The summed E-state index contributed by atoms with van der Waals surface area (Å²) >= 11 is 0. The van der Waals surface area contributed by atoms with Gasteiger partial charge in [-0.25, -0.2) is 0 Å². The zero-order valence-corrected chi connectivity index (χ0v) is 9.61. The summed E-state index contributed by atoms with van der Waals surface area (Å²) in [6.45, 7) is 0.